The Labute approximate surface area is 119 Å². The van der Waals surface area contributed by atoms with Crippen LogP contribution in [0.2, 0.25) is 0 Å². The zero-order valence-electron chi connectivity index (χ0n) is 9.98. The largest absolute Gasteiger partial charge is 0.289 e. The van der Waals surface area contributed by atoms with E-state index in [-0.39, 0.29) is 5.78 Å². The molecule has 0 N–H and O–H groups in total. The van der Waals surface area contributed by atoms with Gasteiger partial charge in [0, 0.05) is 21.2 Å². The Balaban J connectivity index is 2.20. The summed E-state index contributed by atoms with van der Waals surface area (Å²) in [6.45, 7) is 0. The van der Waals surface area contributed by atoms with Gasteiger partial charge in [0.05, 0.1) is 0 Å². The molecule has 2 heteroatoms. The molecule has 1 aliphatic carbocycles. The van der Waals surface area contributed by atoms with Gasteiger partial charge in [-0.25, -0.2) is 0 Å². The molecule has 1 nitrogen and oxygen atoms in total. The summed E-state index contributed by atoms with van der Waals surface area (Å²) in [5, 5.41) is 2.31. The Morgan fingerprint density at radius 1 is 0.789 bits per heavy atom. The van der Waals surface area contributed by atoms with Crippen molar-refractivity contribution >= 4 is 32.5 Å². The first-order valence-corrected chi connectivity index (χ1v) is 6.91. The minimum atomic E-state index is 0.128. The Bertz CT molecular complexity index is 849. The first-order chi connectivity index (χ1) is 9.25. The highest BCUT2D eigenvalue weighted by Gasteiger charge is 2.27. The fourth-order valence-corrected chi connectivity index (χ4v) is 3.18. The number of benzene rings is 3. The Kier molecular flexibility index (Phi) is 2.18. The Morgan fingerprint density at radius 3 is 2.47 bits per heavy atom. The molecule has 0 atom stereocenters. The van der Waals surface area contributed by atoms with Gasteiger partial charge in [-0.3, -0.25) is 4.79 Å². The van der Waals surface area contributed by atoms with Crippen LogP contribution >= 0.6 is 15.9 Å². The van der Waals surface area contributed by atoms with Gasteiger partial charge in [0.15, 0.2) is 5.78 Å². The predicted molar refractivity (Wildman–Crippen MR) is 80.5 cm³/mol. The highest BCUT2D eigenvalue weighted by atomic mass is 79.9. The van der Waals surface area contributed by atoms with Crippen LogP contribution < -0.4 is 0 Å². The highest BCUT2D eigenvalue weighted by Crippen LogP contribution is 2.42. The molecule has 0 heterocycles. The zero-order chi connectivity index (χ0) is 13.0. The van der Waals surface area contributed by atoms with E-state index in [1.807, 2.05) is 42.5 Å². The maximum absolute atomic E-state index is 12.4. The number of halogens is 1. The zero-order valence-corrected chi connectivity index (χ0v) is 11.6. The maximum Gasteiger partial charge on any atom is 0.194 e. The average molecular weight is 309 g/mol. The lowest BCUT2D eigenvalue weighted by molar-refractivity contribution is 0.104. The van der Waals surface area contributed by atoms with Crippen molar-refractivity contribution in [1.29, 1.82) is 0 Å². The van der Waals surface area contributed by atoms with E-state index < -0.39 is 0 Å². The molecule has 0 unspecified atom stereocenters. The van der Waals surface area contributed by atoms with Gasteiger partial charge in [0.2, 0.25) is 0 Å². The molecule has 3 aromatic carbocycles. The van der Waals surface area contributed by atoms with Gasteiger partial charge < -0.3 is 0 Å². The lowest BCUT2D eigenvalue weighted by atomic mass is 9.98. The summed E-state index contributed by atoms with van der Waals surface area (Å²) >= 11 is 3.49. The van der Waals surface area contributed by atoms with E-state index in [1.54, 1.807) is 0 Å². The van der Waals surface area contributed by atoms with Crippen LogP contribution in [-0.4, -0.2) is 5.78 Å². The molecule has 0 amide bonds. The van der Waals surface area contributed by atoms with Gasteiger partial charge in [0.1, 0.15) is 0 Å². The molecule has 0 bridgehead atoms. The summed E-state index contributed by atoms with van der Waals surface area (Å²) in [7, 11) is 0. The van der Waals surface area contributed by atoms with E-state index in [0.29, 0.717) is 0 Å². The molecule has 90 valence electrons. The van der Waals surface area contributed by atoms with Crippen LogP contribution in [0.25, 0.3) is 21.9 Å². The van der Waals surface area contributed by atoms with Crippen molar-refractivity contribution in [3.05, 3.63) is 70.2 Å². The third-order valence-corrected chi connectivity index (χ3v) is 4.16. The molecule has 0 saturated carbocycles. The lowest BCUT2D eigenvalue weighted by Gasteiger charge is -2.05. The number of hydrogen-bond acceptors (Lipinski definition) is 1. The van der Waals surface area contributed by atoms with Crippen LogP contribution in [0, 0.1) is 0 Å². The van der Waals surface area contributed by atoms with Crippen molar-refractivity contribution < 1.29 is 4.79 Å². The van der Waals surface area contributed by atoms with E-state index in [9.17, 15) is 4.79 Å². The fraction of sp³-hybridized carbons (Fsp3) is 0. The molecule has 0 fully saturated rings. The second-order valence-corrected chi connectivity index (χ2v) is 5.64. The molecule has 0 aliphatic heterocycles. The maximum atomic E-state index is 12.4. The molecule has 1 aliphatic rings. The smallest absolute Gasteiger partial charge is 0.194 e. The van der Waals surface area contributed by atoms with Gasteiger partial charge >= 0.3 is 0 Å². The molecule has 0 saturated heterocycles. The molecule has 4 rings (SSSR count). The normalized spacial score (nSPS) is 12.6. The van der Waals surface area contributed by atoms with Crippen LogP contribution in [0.3, 0.4) is 0 Å². The van der Waals surface area contributed by atoms with Crippen LogP contribution in [-0.2, 0) is 0 Å². The number of hydrogen-bond donors (Lipinski definition) is 0. The lowest BCUT2D eigenvalue weighted by Crippen LogP contribution is -1.94. The third-order valence-electron chi connectivity index (χ3n) is 3.67. The van der Waals surface area contributed by atoms with Crippen LogP contribution in [0.4, 0.5) is 0 Å². The number of carbonyl (C=O) groups is 1. The standard InChI is InChI=1S/C17H9BrO/c18-11-6-8-13-15(9-11)16-12-4-2-1-3-10(12)5-7-14(16)17(13)19/h1-9H. The molecule has 3 aromatic rings. The van der Waals surface area contributed by atoms with Crippen molar-refractivity contribution in [2.45, 2.75) is 0 Å². The van der Waals surface area contributed by atoms with Crippen LogP contribution in [0.5, 0.6) is 0 Å². The molecule has 0 spiro atoms. The van der Waals surface area contributed by atoms with Gasteiger partial charge in [0.25, 0.3) is 0 Å². The van der Waals surface area contributed by atoms with Gasteiger partial charge in [-0.05, 0) is 40.6 Å². The second kappa shape index (κ2) is 3.78. The van der Waals surface area contributed by atoms with Crippen molar-refractivity contribution in [3.8, 4) is 11.1 Å². The van der Waals surface area contributed by atoms with Gasteiger partial charge in [-0.1, -0.05) is 46.3 Å². The average Bonchev–Trinajstić information content (AvgIpc) is 2.72. The summed E-state index contributed by atoms with van der Waals surface area (Å²) < 4.78 is 1.000. The van der Waals surface area contributed by atoms with Crippen LogP contribution in [0.1, 0.15) is 15.9 Å². The topological polar surface area (TPSA) is 17.1 Å². The number of fused-ring (bicyclic) bond motifs is 5. The summed E-state index contributed by atoms with van der Waals surface area (Å²) in [4.78, 5) is 12.4. The minimum Gasteiger partial charge on any atom is -0.289 e. The molecule has 0 radical (unpaired) electrons. The molecule has 0 aromatic heterocycles. The number of ketones is 1. The fourth-order valence-electron chi connectivity index (χ4n) is 2.82. The summed E-state index contributed by atoms with van der Waals surface area (Å²) in [5.41, 5.74) is 3.71. The summed E-state index contributed by atoms with van der Waals surface area (Å²) in [6, 6.07) is 18.0. The SMILES string of the molecule is O=C1c2ccc(Br)cc2-c2c1ccc1ccccc21. The van der Waals surface area contributed by atoms with E-state index in [1.165, 1.54) is 5.39 Å². The highest BCUT2D eigenvalue weighted by molar-refractivity contribution is 9.10. The van der Waals surface area contributed by atoms with E-state index >= 15 is 0 Å². The van der Waals surface area contributed by atoms with Crippen molar-refractivity contribution in [2.75, 3.05) is 0 Å². The van der Waals surface area contributed by atoms with E-state index in [4.69, 9.17) is 0 Å². The first kappa shape index (κ1) is 10.9. The van der Waals surface area contributed by atoms with Gasteiger partial charge in [-0.2, -0.15) is 0 Å². The molecular formula is C17H9BrO. The van der Waals surface area contributed by atoms with E-state index in [0.717, 1.165) is 32.1 Å². The minimum absolute atomic E-state index is 0.128. The summed E-state index contributed by atoms with van der Waals surface area (Å²) in [5.74, 6) is 0.128. The van der Waals surface area contributed by atoms with E-state index in [2.05, 4.69) is 28.1 Å². The second-order valence-electron chi connectivity index (χ2n) is 4.73. The third kappa shape index (κ3) is 1.44. The Hall–Kier alpha value is -1.93. The van der Waals surface area contributed by atoms with Crippen molar-refractivity contribution in [2.24, 2.45) is 0 Å². The quantitative estimate of drug-likeness (QED) is 0.455. The van der Waals surface area contributed by atoms with Crippen molar-refractivity contribution in [1.82, 2.24) is 0 Å². The predicted octanol–water partition coefficient (Wildman–Crippen LogP) is 4.81. The first-order valence-electron chi connectivity index (χ1n) is 6.12. The number of rotatable bonds is 0. The molecule has 19 heavy (non-hydrogen) atoms. The van der Waals surface area contributed by atoms with Crippen molar-refractivity contribution in [3.63, 3.8) is 0 Å². The monoisotopic (exact) mass is 308 g/mol. The Morgan fingerprint density at radius 2 is 1.58 bits per heavy atom. The number of carbonyl (C=O) groups excluding carboxylic acids is 1. The van der Waals surface area contributed by atoms with Crippen LogP contribution in [0.15, 0.2) is 59.1 Å². The summed E-state index contributed by atoms with van der Waals surface area (Å²) in [6.07, 6.45) is 0. The molecular weight excluding hydrogens is 300 g/mol. The van der Waals surface area contributed by atoms with Gasteiger partial charge in [-0.15, -0.1) is 0 Å².